The van der Waals surface area contributed by atoms with E-state index in [0.717, 1.165) is 47.5 Å². The molecule has 6 heteroatoms. The molecule has 2 aromatic rings. The molecular formula is C30H44N4O2. The summed E-state index contributed by atoms with van der Waals surface area (Å²) in [4.78, 5) is 28.2. The Morgan fingerprint density at radius 1 is 1.08 bits per heavy atom. The zero-order valence-electron chi connectivity index (χ0n) is 23.3. The predicted molar refractivity (Wildman–Crippen MR) is 143 cm³/mol. The van der Waals surface area contributed by atoms with Gasteiger partial charge in [-0.15, -0.1) is 10.2 Å². The Morgan fingerprint density at radius 2 is 1.78 bits per heavy atom. The molecule has 2 saturated carbocycles. The molecule has 0 N–H and O–H groups in total. The number of amides is 1. The summed E-state index contributed by atoms with van der Waals surface area (Å²) in [6.07, 6.45) is 6.46. The van der Waals surface area contributed by atoms with Crippen LogP contribution in [0.15, 0.2) is 18.2 Å². The van der Waals surface area contributed by atoms with Gasteiger partial charge in [-0.25, -0.2) is 0 Å². The highest BCUT2D eigenvalue weighted by Gasteiger charge is 2.41. The van der Waals surface area contributed by atoms with E-state index in [1.165, 1.54) is 24.8 Å². The monoisotopic (exact) mass is 492 g/mol. The molecule has 1 atom stereocenters. The van der Waals surface area contributed by atoms with Gasteiger partial charge in [0.2, 0.25) is 5.91 Å². The molecule has 1 aromatic heterocycles. The van der Waals surface area contributed by atoms with Crippen LogP contribution in [0, 0.1) is 31.6 Å². The number of benzene rings is 1. The van der Waals surface area contributed by atoms with E-state index < -0.39 is 6.04 Å². The summed E-state index contributed by atoms with van der Waals surface area (Å²) in [7, 11) is 1.82. The number of hydrogen-bond acceptors (Lipinski definition) is 4. The van der Waals surface area contributed by atoms with Crippen molar-refractivity contribution in [3.05, 3.63) is 46.5 Å². The molecule has 0 saturated heterocycles. The number of aromatic nitrogens is 3. The Labute approximate surface area is 216 Å². The largest absolute Gasteiger partial charge is 0.335 e. The van der Waals surface area contributed by atoms with E-state index >= 15 is 0 Å². The van der Waals surface area contributed by atoms with Gasteiger partial charge in [0.05, 0.1) is 6.04 Å². The normalized spacial score (nSPS) is 20.5. The number of rotatable bonds is 11. The molecule has 1 aromatic carbocycles. The van der Waals surface area contributed by atoms with Crippen LogP contribution in [0.3, 0.4) is 0 Å². The minimum atomic E-state index is -0.397. The van der Waals surface area contributed by atoms with E-state index in [4.69, 9.17) is 5.10 Å². The highest BCUT2D eigenvalue weighted by Crippen LogP contribution is 2.48. The van der Waals surface area contributed by atoms with E-state index in [-0.39, 0.29) is 24.0 Å². The van der Waals surface area contributed by atoms with Crippen LogP contribution in [0.25, 0.3) is 0 Å². The van der Waals surface area contributed by atoms with Crippen molar-refractivity contribution in [1.82, 2.24) is 19.7 Å². The van der Waals surface area contributed by atoms with Crippen molar-refractivity contribution < 1.29 is 9.59 Å². The number of ketones is 1. The number of carbonyl (C=O) groups is 2. The SMILES string of the molecule is Cc1ccc(CC(=O)C[C@@H](c2nnc(C3CC(CC(C)C)C3)n2C2CC2)N(C)C(=O)C(C)C)c(C)c1. The smallest absolute Gasteiger partial charge is 0.225 e. The lowest BCUT2D eigenvalue weighted by molar-refractivity contribution is -0.136. The van der Waals surface area contributed by atoms with Crippen LogP contribution in [0.5, 0.6) is 0 Å². The molecule has 2 aliphatic rings. The minimum absolute atomic E-state index is 0.0341. The zero-order chi connectivity index (χ0) is 26.1. The fraction of sp³-hybridized carbons (Fsp3) is 0.667. The number of carbonyl (C=O) groups excluding carboxylic acids is 2. The third-order valence-corrected chi connectivity index (χ3v) is 7.98. The van der Waals surface area contributed by atoms with Gasteiger partial charge in [-0.1, -0.05) is 51.5 Å². The van der Waals surface area contributed by atoms with Crippen molar-refractivity contribution in [2.24, 2.45) is 17.8 Å². The third kappa shape index (κ3) is 5.90. The highest BCUT2D eigenvalue weighted by atomic mass is 16.2. The maximum Gasteiger partial charge on any atom is 0.225 e. The van der Waals surface area contributed by atoms with Crippen molar-refractivity contribution in [3.63, 3.8) is 0 Å². The van der Waals surface area contributed by atoms with Crippen molar-refractivity contribution in [1.29, 1.82) is 0 Å². The maximum absolute atomic E-state index is 13.4. The van der Waals surface area contributed by atoms with E-state index in [2.05, 4.69) is 55.6 Å². The molecule has 2 aliphatic carbocycles. The average molecular weight is 493 g/mol. The Kier molecular flexibility index (Phi) is 8.01. The summed E-state index contributed by atoms with van der Waals surface area (Å²) in [5.74, 6) is 3.81. The van der Waals surface area contributed by atoms with Crippen LogP contribution in [-0.2, 0) is 16.0 Å². The van der Waals surface area contributed by atoms with Crippen molar-refractivity contribution >= 4 is 11.7 Å². The lowest BCUT2D eigenvalue weighted by Gasteiger charge is -2.36. The van der Waals surface area contributed by atoms with E-state index in [1.807, 2.05) is 20.9 Å². The van der Waals surface area contributed by atoms with Gasteiger partial charge in [0.1, 0.15) is 11.6 Å². The van der Waals surface area contributed by atoms with E-state index in [1.54, 1.807) is 4.90 Å². The Morgan fingerprint density at radius 3 is 2.36 bits per heavy atom. The molecule has 1 amide bonds. The van der Waals surface area contributed by atoms with Gasteiger partial charge in [-0.3, -0.25) is 9.59 Å². The van der Waals surface area contributed by atoms with Crippen LogP contribution in [0.4, 0.5) is 0 Å². The van der Waals surface area contributed by atoms with Gasteiger partial charge < -0.3 is 9.47 Å². The van der Waals surface area contributed by atoms with Crippen LogP contribution in [-0.4, -0.2) is 38.4 Å². The molecular weight excluding hydrogens is 448 g/mol. The standard InChI is InChI=1S/C30H44N4O2/c1-18(2)12-22-14-24(15-22)28-31-32-29(34(28)25-10-11-25)27(33(7)30(36)19(3)4)17-26(35)16-23-9-8-20(5)13-21(23)6/h8-9,13,18-19,22,24-25,27H,10-12,14-17H2,1-7H3/t22?,24?,27-/m0/s1. The van der Waals surface area contributed by atoms with Gasteiger partial charge in [0, 0.05) is 37.8 Å². The first-order chi connectivity index (χ1) is 17.0. The Balaban J connectivity index is 1.59. The molecule has 4 rings (SSSR count). The molecule has 0 radical (unpaired) electrons. The second-order valence-electron chi connectivity index (χ2n) is 12.2. The number of hydrogen-bond donors (Lipinski definition) is 0. The Bertz CT molecular complexity index is 1090. The molecule has 1 heterocycles. The second-order valence-corrected chi connectivity index (χ2v) is 12.2. The fourth-order valence-corrected chi connectivity index (χ4v) is 5.84. The molecule has 0 unspecified atom stereocenters. The van der Waals surface area contributed by atoms with Gasteiger partial charge in [-0.2, -0.15) is 0 Å². The van der Waals surface area contributed by atoms with Gasteiger partial charge >= 0.3 is 0 Å². The summed E-state index contributed by atoms with van der Waals surface area (Å²) < 4.78 is 2.31. The lowest BCUT2D eigenvalue weighted by Crippen LogP contribution is -2.37. The van der Waals surface area contributed by atoms with Gasteiger partial charge in [-0.05, 0) is 68.9 Å². The number of aryl methyl sites for hydroxylation is 2. The first-order valence-electron chi connectivity index (χ1n) is 13.8. The van der Waals surface area contributed by atoms with Crippen LogP contribution < -0.4 is 0 Å². The molecule has 36 heavy (non-hydrogen) atoms. The Hall–Kier alpha value is -2.50. The third-order valence-electron chi connectivity index (χ3n) is 7.98. The van der Waals surface area contributed by atoms with Gasteiger partial charge in [0.15, 0.2) is 5.82 Å². The van der Waals surface area contributed by atoms with Crippen LogP contribution in [0.2, 0.25) is 0 Å². The van der Waals surface area contributed by atoms with Crippen LogP contribution in [0.1, 0.15) is 113 Å². The quantitative estimate of drug-likeness (QED) is 0.379. The number of nitrogens with zero attached hydrogens (tertiary/aromatic N) is 4. The summed E-state index contributed by atoms with van der Waals surface area (Å²) >= 11 is 0. The van der Waals surface area contributed by atoms with E-state index in [9.17, 15) is 9.59 Å². The fourth-order valence-electron chi connectivity index (χ4n) is 5.84. The number of Topliss-reactive ketones (excluding diaryl/α,β-unsaturated/α-hetero) is 1. The molecule has 2 fully saturated rings. The molecule has 0 spiro atoms. The second kappa shape index (κ2) is 10.9. The first kappa shape index (κ1) is 26.6. The van der Waals surface area contributed by atoms with Gasteiger partial charge in [0.25, 0.3) is 0 Å². The average Bonchev–Trinajstić information content (AvgIpc) is 3.53. The summed E-state index contributed by atoms with van der Waals surface area (Å²) in [6, 6.07) is 6.23. The topological polar surface area (TPSA) is 68.1 Å². The minimum Gasteiger partial charge on any atom is -0.335 e. The van der Waals surface area contributed by atoms with E-state index in [0.29, 0.717) is 18.4 Å². The zero-order valence-corrected chi connectivity index (χ0v) is 23.3. The predicted octanol–water partition coefficient (Wildman–Crippen LogP) is 6.13. The molecule has 6 nitrogen and oxygen atoms in total. The lowest BCUT2D eigenvalue weighted by atomic mass is 9.71. The highest BCUT2D eigenvalue weighted by molar-refractivity contribution is 5.83. The summed E-state index contributed by atoms with van der Waals surface area (Å²) in [5, 5.41) is 9.38. The van der Waals surface area contributed by atoms with Crippen molar-refractivity contribution in [3.8, 4) is 0 Å². The van der Waals surface area contributed by atoms with Crippen LogP contribution >= 0.6 is 0 Å². The summed E-state index contributed by atoms with van der Waals surface area (Å²) in [5.41, 5.74) is 3.38. The molecule has 196 valence electrons. The van der Waals surface area contributed by atoms with Crippen molar-refractivity contribution in [2.45, 2.75) is 104 Å². The first-order valence-corrected chi connectivity index (χ1v) is 13.8. The maximum atomic E-state index is 13.4. The molecule has 0 aliphatic heterocycles. The summed E-state index contributed by atoms with van der Waals surface area (Å²) in [6.45, 7) is 12.5. The molecule has 0 bridgehead atoms. The van der Waals surface area contributed by atoms with Crippen molar-refractivity contribution in [2.75, 3.05) is 7.05 Å².